The van der Waals surface area contributed by atoms with Gasteiger partial charge in [0.15, 0.2) is 6.10 Å². The molecule has 3 amide bonds. The molecule has 30 heavy (non-hydrogen) atoms. The van der Waals surface area contributed by atoms with Crippen LogP contribution in [0.1, 0.15) is 13.8 Å². The number of nitrogens with one attached hydrogen (secondary N) is 3. The molecule has 3 N–H and O–H groups in total. The summed E-state index contributed by atoms with van der Waals surface area (Å²) in [6, 6.07) is 11.7. The van der Waals surface area contributed by atoms with Gasteiger partial charge in [0.2, 0.25) is 10.0 Å². The van der Waals surface area contributed by atoms with Crippen molar-refractivity contribution in [3.63, 3.8) is 0 Å². The van der Waals surface area contributed by atoms with Crippen molar-refractivity contribution in [1.82, 2.24) is 10.0 Å². The first kappa shape index (κ1) is 23.3. The van der Waals surface area contributed by atoms with E-state index in [0.29, 0.717) is 10.7 Å². The van der Waals surface area contributed by atoms with E-state index < -0.39 is 40.1 Å². The Morgan fingerprint density at radius 1 is 0.967 bits per heavy atom. The number of hydrogen-bond acceptors (Lipinski definition) is 6. The Hall–Kier alpha value is -2.95. The number of sulfonamides is 1. The molecule has 0 saturated carbocycles. The van der Waals surface area contributed by atoms with Crippen molar-refractivity contribution in [3.05, 3.63) is 59.6 Å². The number of esters is 1. The molecule has 2 atom stereocenters. The van der Waals surface area contributed by atoms with E-state index in [1.165, 1.54) is 38.1 Å². The van der Waals surface area contributed by atoms with Crippen molar-refractivity contribution in [2.75, 3.05) is 5.32 Å². The molecule has 0 bridgehead atoms. The molecule has 160 valence electrons. The summed E-state index contributed by atoms with van der Waals surface area (Å²) in [4.78, 5) is 35.9. The van der Waals surface area contributed by atoms with Gasteiger partial charge in [0.25, 0.3) is 5.91 Å². The molecule has 2 aromatic rings. The van der Waals surface area contributed by atoms with Gasteiger partial charge in [0.1, 0.15) is 6.04 Å². The molecule has 0 aliphatic rings. The molecule has 0 radical (unpaired) electrons. The number of imide groups is 1. The van der Waals surface area contributed by atoms with Crippen LogP contribution in [0.5, 0.6) is 0 Å². The number of halogens is 1. The van der Waals surface area contributed by atoms with Crippen LogP contribution < -0.4 is 15.4 Å². The summed E-state index contributed by atoms with van der Waals surface area (Å²) in [6.07, 6.45) is -1.33. The average molecular weight is 454 g/mol. The molecule has 0 aliphatic carbocycles. The fraction of sp³-hybridized carbons (Fsp3) is 0.211. The topological polar surface area (TPSA) is 131 Å². The van der Waals surface area contributed by atoms with Crippen LogP contribution in [0.3, 0.4) is 0 Å². The number of carbonyl (C=O) groups is 3. The van der Waals surface area contributed by atoms with Gasteiger partial charge in [-0.15, -0.1) is 0 Å². The highest BCUT2D eigenvalue weighted by atomic mass is 35.5. The van der Waals surface area contributed by atoms with Crippen molar-refractivity contribution in [2.45, 2.75) is 30.9 Å². The summed E-state index contributed by atoms with van der Waals surface area (Å²) in [5.74, 6) is -1.86. The van der Waals surface area contributed by atoms with Gasteiger partial charge >= 0.3 is 12.0 Å². The summed E-state index contributed by atoms with van der Waals surface area (Å²) in [5, 5.41) is 4.84. The molecule has 11 heteroatoms. The van der Waals surface area contributed by atoms with Crippen LogP contribution >= 0.6 is 11.6 Å². The van der Waals surface area contributed by atoms with E-state index in [1.807, 2.05) is 5.32 Å². The zero-order chi connectivity index (χ0) is 22.3. The summed E-state index contributed by atoms with van der Waals surface area (Å²) in [5.41, 5.74) is 0.470. The molecule has 0 fully saturated rings. The second-order valence-corrected chi connectivity index (χ2v) is 8.34. The first-order valence-corrected chi connectivity index (χ1v) is 10.6. The first-order valence-electron chi connectivity index (χ1n) is 8.74. The highest BCUT2D eigenvalue weighted by Crippen LogP contribution is 2.14. The molecule has 2 unspecified atom stereocenters. The smallest absolute Gasteiger partial charge is 0.325 e. The second kappa shape index (κ2) is 10.2. The average Bonchev–Trinajstić information content (AvgIpc) is 2.68. The van der Waals surface area contributed by atoms with Crippen molar-refractivity contribution in [2.24, 2.45) is 0 Å². The van der Waals surface area contributed by atoms with Gasteiger partial charge in [0, 0.05) is 10.7 Å². The fourth-order valence-electron chi connectivity index (χ4n) is 2.19. The summed E-state index contributed by atoms with van der Waals surface area (Å²) in [7, 11) is -4.01. The van der Waals surface area contributed by atoms with Crippen LogP contribution in [0.15, 0.2) is 59.5 Å². The predicted octanol–water partition coefficient (Wildman–Crippen LogP) is 2.29. The van der Waals surface area contributed by atoms with Gasteiger partial charge in [-0.25, -0.2) is 13.2 Å². The number of amides is 3. The molecule has 2 rings (SSSR count). The van der Waals surface area contributed by atoms with Crippen LogP contribution in [0.2, 0.25) is 5.02 Å². The summed E-state index contributed by atoms with van der Waals surface area (Å²) >= 11 is 5.73. The van der Waals surface area contributed by atoms with Crippen molar-refractivity contribution >= 4 is 45.2 Å². The maximum Gasteiger partial charge on any atom is 0.325 e. The molecule has 2 aromatic carbocycles. The number of carbonyl (C=O) groups excluding carboxylic acids is 3. The van der Waals surface area contributed by atoms with Crippen LogP contribution in [-0.2, 0) is 24.3 Å². The standard InChI is InChI=1S/C19H20ClN3O6S/c1-12(23-30(27,28)16-10-8-14(20)9-11-16)18(25)29-13(2)17(24)22-19(26)21-15-6-4-3-5-7-15/h3-13,23H,1-2H3,(H2,21,22,24,26). The summed E-state index contributed by atoms with van der Waals surface area (Å²) in [6.45, 7) is 2.52. The van der Waals surface area contributed by atoms with E-state index in [4.69, 9.17) is 16.3 Å². The second-order valence-electron chi connectivity index (χ2n) is 6.19. The molecule has 0 saturated heterocycles. The van der Waals surface area contributed by atoms with Crippen molar-refractivity contribution in [3.8, 4) is 0 Å². The van der Waals surface area contributed by atoms with Gasteiger partial charge in [0.05, 0.1) is 4.90 Å². The third kappa shape index (κ3) is 6.83. The quantitative estimate of drug-likeness (QED) is 0.551. The van der Waals surface area contributed by atoms with Gasteiger partial charge in [-0.3, -0.25) is 14.9 Å². The van der Waals surface area contributed by atoms with E-state index in [1.54, 1.807) is 30.3 Å². The van der Waals surface area contributed by atoms with Crippen LogP contribution in [0.25, 0.3) is 0 Å². The molecular weight excluding hydrogens is 434 g/mol. The zero-order valence-corrected chi connectivity index (χ0v) is 17.7. The van der Waals surface area contributed by atoms with Gasteiger partial charge in [-0.2, -0.15) is 4.72 Å². The number of rotatable bonds is 7. The SMILES string of the molecule is CC(NS(=O)(=O)c1ccc(Cl)cc1)C(=O)OC(C)C(=O)NC(=O)Nc1ccccc1. The zero-order valence-electron chi connectivity index (χ0n) is 16.1. The highest BCUT2D eigenvalue weighted by molar-refractivity contribution is 7.89. The minimum atomic E-state index is -4.01. The van der Waals surface area contributed by atoms with Crippen molar-refractivity contribution < 1.29 is 27.5 Å². The van der Waals surface area contributed by atoms with E-state index in [0.717, 1.165) is 0 Å². The minimum Gasteiger partial charge on any atom is -0.451 e. The largest absolute Gasteiger partial charge is 0.451 e. The normalized spacial score (nSPS) is 13.0. The number of ether oxygens (including phenoxy) is 1. The lowest BCUT2D eigenvalue weighted by molar-refractivity contribution is -0.155. The molecule has 0 aliphatic heterocycles. The molecule has 9 nitrogen and oxygen atoms in total. The molecular formula is C19H20ClN3O6S. The monoisotopic (exact) mass is 453 g/mol. The maximum absolute atomic E-state index is 12.3. The number of anilines is 1. The Kier molecular flexibility index (Phi) is 7.93. The maximum atomic E-state index is 12.3. The van der Waals surface area contributed by atoms with Crippen molar-refractivity contribution in [1.29, 1.82) is 0 Å². The Balaban J connectivity index is 1.88. The Morgan fingerprint density at radius 2 is 1.57 bits per heavy atom. The predicted molar refractivity (Wildman–Crippen MR) is 110 cm³/mol. The minimum absolute atomic E-state index is 0.0880. The number of benzene rings is 2. The molecule has 0 aromatic heterocycles. The number of para-hydroxylation sites is 1. The molecule has 0 spiro atoms. The van der Waals surface area contributed by atoms with E-state index in [2.05, 4.69) is 10.0 Å². The van der Waals surface area contributed by atoms with E-state index in [9.17, 15) is 22.8 Å². The highest BCUT2D eigenvalue weighted by Gasteiger charge is 2.27. The summed E-state index contributed by atoms with van der Waals surface area (Å²) < 4.78 is 31.7. The third-order valence-electron chi connectivity index (χ3n) is 3.74. The Bertz CT molecular complexity index is 1010. The Morgan fingerprint density at radius 3 is 2.17 bits per heavy atom. The van der Waals surface area contributed by atoms with Crippen LogP contribution in [0.4, 0.5) is 10.5 Å². The lowest BCUT2D eigenvalue weighted by Gasteiger charge is -2.17. The lowest BCUT2D eigenvalue weighted by atomic mass is 10.3. The first-order chi connectivity index (χ1) is 14.1. The van der Waals surface area contributed by atoms with Gasteiger partial charge in [-0.05, 0) is 50.2 Å². The van der Waals surface area contributed by atoms with Gasteiger partial charge in [-0.1, -0.05) is 29.8 Å². The Labute approximate surface area is 178 Å². The van der Waals surface area contributed by atoms with E-state index >= 15 is 0 Å². The molecule has 0 heterocycles. The number of urea groups is 1. The van der Waals surface area contributed by atoms with Crippen LogP contribution in [-0.4, -0.2) is 38.5 Å². The van der Waals surface area contributed by atoms with Crippen LogP contribution in [0, 0.1) is 0 Å². The third-order valence-corrected chi connectivity index (χ3v) is 5.55. The van der Waals surface area contributed by atoms with E-state index in [-0.39, 0.29) is 4.90 Å². The van der Waals surface area contributed by atoms with Gasteiger partial charge < -0.3 is 10.1 Å². The fourth-order valence-corrected chi connectivity index (χ4v) is 3.51. The lowest BCUT2D eigenvalue weighted by Crippen LogP contribution is -2.45. The number of hydrogen-bond donors (Lipinski definition) is 3.